The molecule has 5 heteroatoms. The van der Waals surface area contributed by atoms with Crippen LogP contribution in [0.2, 0.25) is 0 Å². The summed E-state index contributed by atoms with van der Waals surface area (Å²) in [5, 5.41) is 0. The van der Waals surface area contributed by atoms with Gasteiger partial charge in [0.15, 0.2) is 0 Å². The maximum absolute atomic E-state index is 6.07. The molecule has 2 N–H and O–H groups in total. The predicted molar refractivity (Wildman–Crippen MR) is 77.9 cm³/mol. The highest BCUT2D eigenvalue weighted by molar-refractivity contribution is 5.37. The minimum absolute atomic E-state index is 0.139. The lowest BCUT2D eigenvalue weighted by Gasteiger charge is -2.36. The molecule has 0 bridgehead atoms. The lowest BCUT2D eigenvalue weighted by atomic mass is 9.91. The summed E-state index contributed by atoms with van der Waals surface area (Å²) in [6.07, 6.45) is 6.28. The number of ether oxygens (including phenoxy) is 3. The Balaban J connectivity index is 1.65. The third-order valence-electron chi connectivity index (χ3n) is 3.87. The Bertz CT molecular complexity index is 544. The zero-order valence-corrected chi connectivity index (χ0v) is 12.0. The first-order valence-electron chi connectivity index (χ1n) is 7.32. The van der Waals surface area contributed by atoms with Crippen LogP contribution in [0.4, 0.5) is 0 Å². The van der Waals surface area contributed by atoms with Gasteiger partial charge in [-0.3, -0.25) is 4.98 Å². The van der Waals surface area contributed by atoms with Crippen molar-refractivity contribution in [3.63, 3.8) is 0 Å². The van der Waals surface area contributed by atoms with Crippen molar-refractivity contribution in [3.05, 3.63) is 24.0 Å². The van der Waals surface area contributed by atoms with Crippen LogP contribution in [0.25, 0.3) is 0 Å². The summed E-state index contributed by atoms with van der Waals surface area (Å²) >= 11 is 0. The predicted octanol–water partition coefficient (Wildman–Crippen LogP) is 1.11. The number of nitrogens with two attached hydrogens (primary N) is 1. The maximum atomic E-state index is 6.07. The highest BCUT2D eigenvalue weighted by Crippen LogP contribution is 2.34. The van der Waals surface area contributed by atoms with E-state index in [1.165, 1.54) is 0 Å². The molecule has 1 aromatic heterocycles. The van der Waals surface area contributed by atoms with E-state index in [0.717, 1.165) is 37.2 Å². The molecule has 0 amide bonds. The minimum atomic E-state index is -0.146. The Labute approximate surface area is 124 Å². The monoisotopic (exact) mass is 288 g/mol. The van der Waals surface area contributed by atoms with Crippen molar-refractivity contribution in [1.29, 1.82) is 0 Å². The van der Waals surface area contributed by atoms with E-state index < -0.39 is 0 Å². The van der Waals surface area contributed by atoms with Crippen LogP contribution in [-0.2, 0) is 9.47 Å². The molecule has 1 aromatic rings. The molecule has 0 radical (unpaired) electrons. The number of hydrogen-bond acceptors (Lipinski definition) is 5. The second kappa shape index (κ2) is 6.44. The molecule has 2 aliphatic rings. The van der Waals surface area contributed by atoms with Crippen LogP contribution >= 0.6 is 0 Å². The van der Waals surface area contributed by atoms with Gasteiger partial charge in [0.05, 0.1) is 31.6 Å². The van der Waals surface area contributed by atoms with E-state index in [4.69, 9.17) is 19.9 Å². The van der Waals surface area contributed by atoms with Crippen molar-refractivity contribution in [2.45, 2.75) is 31.0 Å². The molecule has 2 atom stereocenters. The van der Waals surface area contributed by atoms with E-state index in [1.54, 1.807) is 12.4 Å². The topological polar surface area (TPSA) is 66.6 Å². The molecule has 5 nitrogen and oxygen atoms in total. The third kappa shape index (κ3) is 3.53. The molecule has 2 saturated heterocycles. The van der Waals surface area contributed by atoms with Crippen LogP contribution in [0.3, 0.4) is 0 Å². The van der Waals surface area contributed by atoms with E-state index in [2.05, 4.69) is 16.8 Å². The Kier molecular flexibility index (Phi) is 4.39. The molecule has 0 aromatic carbocycles. The smallest absolute Gasteiger partial charge is 0.139 e. The number of aromatic nitrogens is 1. The Morgan fingerprint density at radius 1 is 1.43 bits per heavy atom. The van der Waals surface area contributed by atoms with Crippen molar-refractivity contribution in [2.75, 3.05) is 26.4 Å². The van der Waals surface area contributed by atoms with Gasteiger partial charge in [-0.05, 0) is 6.07 Å². The Morgan fingerprint density at radius 2 is 2.38 bits per heavy atom. The number of pyridine rings is 1. The largest absolute Gasteiger partial charge is 0.489 e. The summed E-state index contributed by atoms with van der Waals surface area (Å²) in [6.45, 7) is 2.51. The van der Waals surface area contributed by atoms with E-state index in [-0.39, 0.29) is 11.7 Å². The van der Waals surface area contributed by atoms with Crippen molar-refractivity contribution in [2.24, 2.45) is 5.73 Å². The highest BCUT2D eigenvalue weighted by atomic mass is 16.6. The fourth-order valence-electron chi connectivity index (χ4n) is 2.84. The molecule has 2 unspecified atom stereocenters. The molecular weight excluding hydrogens is 268 g/mol. The van der Waals surface area contributed by atoms with Gasteiger partial charge < -0.3 is 19.9 Å². The molecule has 21 heavy (non-hydrogen) atoms. The lowest BCUT2D eigenvalue weighted by Crippen LogP contribution is -2.44. The summed E-state index contributed by atoms with van der Waals surface area (Å²) in [7, 11) is 0. The summed E-state index contributed by atoms with van der Waals surface area (Å²) in [6, 6.07) is 1.91. The SMILES string of the molecule is NCC#Cc1cncc(OC2CCOC3(CCOC3)C2)c1. The Morgan fingerprint density at radius 3 is 3.19 bits per heavy atom. The van der Waals surface area contributed by atoms with E-state index in [9.17, 15) is 0 Å². The maximum Gasteiger partial charge on any atom is 0.139 e. The lowest BCUT2D eigenvalue weighted by molar-refractivity contribution is -0.112. The first kappa shape index (κ1) is 14.3. The fourth-order valence-corrected chi connectivity index (χ4v) is 2.84. The van der Waals surface area contributed by atoms with Gasteiger partial charge in [-0.2, -0.15) is 0 Å². The molecule has 1 spiro atoms. The molecule has 3 rings (SSSR count). The molecule has 112 valence electrons. The summed E-state index contributed by atoms with van der Waals surface area (Å²) in [5.74, 6) is 6.54. The average Bonchev–Trinajstić information content (AvgIpc) is 2.93. The minimum Gasteiger partial charge on any atom is -0.489 e. The van der Waals surface area contributed by atoms with E-state index in [1.807, 2.05) is 6.07 Å². The molecule has 0 aliphatic carbocycles. The standard InChI is InChI=1S/C16H20N2O3/c17-5-1-2-13-8-15(11-18-10-13)21-14-3-6-20-16(9-14)4-7-19-12-16/h8,10-11,14H,3-7,9,12,17H2. The van der Waals surface area contributed by atoms with Gasteiger partial charge in [0.1, 0.15) is 11.9 Å². The van der Waals surface area contributed by atoms with Crippen LogP contribution in [0.1, 0.15) is 24.8 Å². The van der Waals surface area contributed by atoms with Gasteiger partial charge in [-0.1, -0.05) is 11.8 Å². The number of hydrogen-bond donors (Lipinski definition) is 1. The highest BCUT2D eigenvalue weighted by Gasteiger charge is 2.41. The molecule has 2 aliphatic heterocycles. The van der Waals surface area contributed by atoms with Gasteiger partial charge in [0, 0.05) is 37.6 Å². The van der Waals surface area contributed by atoms with Crippen LogP contribution in [-0.4, -0.2) is 43.1 Å². The van der Waals surface area contributed by atoms with Gasteiger partial charge in [0.2, 0.25) is 0 Å². The quantitative estimate of drug-likeness (QED) is 0.826. The van der Waals surface area contributed by atoms with E-state index >= 15 is 0 Å². The zero-order chi connectivity index (χ0) is 14.5. The second-order valence-corrected chi connectivity index (χ2v) is 5.48. The van der Waals surface area contributed by atoms with Crippen LogP contribution < -0.4 is 10.5 Å². The number of nitrogens with zero attached hydrogens (tertiary/aromatic N) is 1. The summed E-state index contributed by atoms with van der Waals surface area (Å²) in [5.41, 5.74) is 6.06. The summed E-state index contributed by atoms with van der Waals surface area (Å²) in [4.78, 5) is 4.17. The van der Waals surface area contributed by atoms with Crippen LogP contribution in [0.15, 0.2) is 18.5 Å². The molecule has 3 heterocycles. The van der Waals surface area contributed by atoms with Crippen molar-refractivity contribution < 1.29 is 14.2 Å². The van der Waals surface area contributed by atoms with Gasteiger partial charge in [0.25, 0.3) is 0 Å². The summed E-state index contributed by atoms with van der Waals surface area (Å²) < 4.78 is 17.5. The zero-order valence-electron chi connectivity index (χ0n) is 12.0. The molecule has 0 saturated carbocycles. The van der Waals surface area contributed by atoms with Crippen molar-refractivity contribution in [3.8, 4) is 17.6 Å². The first-order valence-corrected chi connectivity index (χ1v) is 7.32. The first-order chi connectivity index (χ1) is 10.3. The molecular formula is C16H20N2O3. The number of rotatable bonds is 2. The third-order valence-corrected chi connectivity index (χ3v) is 3.87. The fraction of sp³-hybridized carbons (Fsp3) is 0.562. The van der Waals surface area contributed by atoms with Gasteiger partial charge in [-0.15, -0.1) is 0 Å². The Hall–Kier alpha value is -1.61. The van der Waals surface area contributed by atoms with Gasteiger partial charge in [-0.25, -0.2) is 0 Å². The van der Waals surface area contributed by atoms with Crippen molar-refractivity contribution >= 4 is 0 Å². The normalized spacial score (nSPS) is 28.1. The van der Waals surface area contributed by atoms with Gasteiger partial charge >= 0.3 is 0 Å². The van der Waals surface area contributed by atoms with E-state index in [0.29, 0.717) is 19.8 Å². The second-order valence-electron chi connectivity index (χ2n) is 5.48. The van der Waals surface area contributed by atoms with Crippen LogP contribution in [0, 0.1) is 11.8 Å². The van der Waals surface area contributed by atoms with Crippen LogP contribution in [0.5, 0.6) is 5.75 Å². The average molecular weight is 288 g/mol. The molecule has 2 fully saturated rings. The van der Waals surface area contributed by atoms with Crippen molar-refractivity contribution in [1.82, 2.24) is 4.98 Å².